The molecule has 6 nitrogen and oxygen atoms in total. The smallest absolute Gasteiger partial charge is 0.303 e. The number of amides is 1. The molecule has 0 aliphatic rings. The van der Waals surface area contributed by atoms with Gasteiger partial charge in [0.25, 0.3) is 0 Å². The van der Waals surface area contributed by atoms with E-state index in [0.717, 1.165) is 10.1 Å². The van der Waals surface area contributed by atoms with Gasteiger partial charge in [-0.1, -0.05) is 29.2 Å². The quantitative estimate of drug-likeness (QED) is 0.445. The maximum absolute atomic E-state index is 11.3. The van der Waals surface area contributed by atoms with Gasteiger partial charge in [-0.2, -0.15) is 0 Å². The van der Waals surface area contributed by atoms with E-state index in [1.807, 2.05) is 0 Å². The molecule has 1 aromatic rings. The number of carboxylic acids is 1. The highest BCUT2D eigenvalue weighted by Crippen LogP contribution is 2.25. The second-order valence-corrected chi connectivity index (χ2v) is 5.16. The van der Waals surface area contributed by atoms with Gasteiger partial charge in [0.1, 0.15) is 0 Å². The highest BCUT2D eigenvalue weighted by molar-refractivity contribution is 8.01. The van der Waals surface area contributed by atoms with Crippen molar-refractivity contribution in [3.8, 4) is 0 Å². The molecular weight excluding hydrogens is 262 g/mol. The minimum Gasteiger partial charge on any atom is -0.481 e. The Balaban J connectivity index is 2.40. The summed E-state index contributed by atoms with van der Waals surface area (Å²) in [5.74, 6) is -0.648. The lowest BCUT2D eigenvalue weighted by Gasteiger charge is -1.97. The molecule has 0 fully saturated rings. The number of carbonyl (C=O) groups is 2. The van der Waals surface area contributed by atoms with E-state index in [-0.39, 0.29) is 18.7 Å². The molecule has 92 valence electrons. The van der Waals surface area contributed by atoms with Crippen LogP contribution in [0.3, 0.4) is 0 Å². The standard InChI is InChI=1S/C9H11N3O3S2/c1-2-5-16-9-12-11-8(17-9)10-6(13)3-4-7(14)15/h2H,1,3-5H2,(H,14,15)(H,10,11,13). The number of nitrogens with zero attached hydrogens (tertiary/aromatic N) is 2. The average Bonchev–Trinajstić information content (AvgIpc) is 2.71. The number of aliphatic carboxylic acids is 1. The molecule has 0 saturated carbocycles. The fourth-order valence-electron chi connectivity index (χ4n) is 0.851. The first-order valence-corrected chi connectivity index (χ1v) is 6.51. The first kappa shape index (κ1) is 13.7. The fraction of sp³-hybridized carbons (Fsp3) is 0.333. The van der Waals surface area contributed by atoms with Crippen molar-refractivity contribution in [2.75, 3.05) is 11.1 Å². The van der Waals surface area contributed by atoms with Gasteiger partial charge < -0.3 is 10.4 Å². The molecule has 0 bridgehead atoms. The number of carboxylic acid groups (broad SMARTS) is 1. The van der Waals surface area contributed by atoms with Crippen molar-refractivity contribution in [1.82, 2.24) is 10.2 Å². The lowest BCUT2D eigenvalue weighted by molar-refractivity contribution is -0.138. The summed E-state index contributed by atoms with van der Waals surface area (Å²) >= 11 is 2.72. The zero-order valence-electron chi connectivity index (χ0n) is 8.88. The Morgan fingerprint density at radius 1 is 1.47 bits per heavy atom. The summed E-state index contributed by atoms with van der Waals surface area (Å²) < 4.78 is 0.735. The molecule has 0 atom stereocenters. The number of nitrogens with one attached hydrogen (secondary N) is 1. The van der Waals surface area contributed by atoms with Crippen LogP contribution < -0.4 is 5.32 Å². The molecule has 0 aliphatic carbocycles. The van der Waals surface area contributed by atoms with Gasteiger partial charge in [0, 0.05) is 12.2 Å². The maximum Gasteiger partial charge on any atom is 0.303 e. The van der Waals surface area contributed by atoms with E-state index >= 15 is 0 Å². The molecule has 2 N–H and O–H groups in total. The Bertz CT molecular complexity index is 419. The molecule has 1 aromatic heterocycles. The highest BCUT2D eigenvalue weighted by atomic mass is 32.2. The van der Waals surface area contributed by atoms with Crippen molar-refractivity contribution in [2.45, 2.75) is 17.2 Å². The van der Waals surface area contributed by atoms with Crippen LogP contribution in [0.5, 0.6) is 0 Å². The Morgan fingerprint density at radius 3 is 2.88 bits per heavy atom. The Labute approximate surface area is 106 Å². The molecule has 1 amide bonds. The van der Waals surface area contributed by atoms with Gasteiger partial charge in [0.05, 0.1) is 6.42 Å². The lowest BCUT2D eigenvalue weighted by atomic mass is 10.3. The van der Waals surface area contributed by atoms with Crippen LogP contribution in [0.4, 0.5) is 5.13 Å². The fourth-order valence-corrected chi connectivity index (χ4v) is 2.38. The van der Waals surface area contributed by atoms with Crippen LogP contribution in [-0.2, 0) is 9.59 Å². The summed E-state index contributed by atoms with van der Waals surface area (Å²) in [6, 6.07) is 0. The van der Waals surface area contributed by atoms with Gasteiger partial charge in [-0.3, -0.25) is 9.59 Å². The topological polar surface area (TPSA) is 92.2 Å². The number of thioether (sulfide) groups is 1. The van der Waals surface area contributed by atoms with E-state index in [2.05, 4.69) is 22.1 Å². The second kappa shape index (κ2) is 7.02. The van der Waals surface area contributed by atoms with Crippen LogP contribution in [0.2, 0.25) is 0 Å². The Kier molecular flexibility index (Phi) is 5.64. The third kappa shape index (κ3) is 5.45. The molecule has 0 radical (unpaired) electrons. The number of anilines is 1. The van der Waals surface area contributed by atoms with Gasteiger partial charge in [-0.05, 0) is 0 Å². The summed E-state index contributed by atoms with van der Waals surface area (Å²) in [5.41, 5.74) is 0. The van der Waals surface area contributed by atoms with Crippen molar-refractivity contribution >= 4 is 40.1 Å². The van der Waals surface area contributed by atoms with Crippen LogP contribution in [0, 0.1) is 0 Å². The highest BCUT2D eigenvalue weighted by Gasteiger charge is 2.09. The first-order chi connectivity index (χ1) is 8.11. The number of hydrogen-bond acceptors (Lipinski definition) is 6. The summed E-state index contributed by atoms with van der Waals surface area (Å²) in [6.45, 7) is 3.58. The lowest BCUT2D eigenvalue weighted by Crippen LogP contribution is -2.12. The van der Waals surface area contributed by atoms with Gasteiger partial charge in [0.2, 0.25) is 11.0 Å². The van der Waals surface area contributed by atoms with Crippen LogP contribution in [0.15, 0.2) is 17.0 Å². The van der Waals surface area contributed by atoms with Crippen LogP contribution in [0.25, 0.3) is 0 Å². The molecule has 0 spiro atoms. The zero-order valence-corrected chi connectivity index (χ0v) is 10.5. The van der Waals surface area contributed by atoms with Crippen molar-refractivity contribution in [3.05, 3.63) is 12.7 Å². The van der Waals surface area contributed by atoms with Gasteiger partial charge in [-0.15, -0.1) is 16.8 Å². The van der Waals surface area contributed by atoms with Gasteiger partial charge >= 0.3 is 5.97 Å². The number of carbonyl (C=O) groups excluding carboxylic acids is 1. The van der Waals surface area contributed by atoms with Crippen molar-refractivity contribution in [1.29, 1.82) is 0 Å². The third-order valence-corrected chi connectivity index (χ3v) is 3.51. The largest absolute Gasteiger partial charge is 0.481 e. The molecule has 8 heteroatoms. The first-order valence-electron chi connectivity index (χ1n) is 4.70. The number of rotatable bonds is 7. The second-order valence-electron chi connectivity index (χ2n) is 2.91. The maximum atomic E-state index is 11.3. The Morgan fingerprint density at radius 2 is 2.24 bits per heavy atom. The molecule has 0 unspecified atom stereocenters. The molecule has 17 heavy (non-hydrogen) atoms. The van der Waals surface area contributed by atoms with E-state index in [9.17, 15) is 9.59 Å². The molecule has 0 saturated heterocycles. The van der Waals surface area contributed by atoms with E-state index in [0.29, 0.717) is 5.13 Å². The van der Waals surface area contributed by atoms with E-state index in [4.69, 9.17) is 5.11 Å². The van der Waals surface area contributed by atoms with Gasteiger partial charge in [-0.25, -0.2) is 0 Å². The zero-order chi connectivity index (χ0) is 12.7. The third-order valence-electron chi connectivity index (χ3n) is 1.54. The molecular formula is C9H11N3O3S2. The number of hydrogen-bond donors (Lipinski definition) is 2. The van der Waals surface area contributed by atoms with Crippen molar-refractivity contribution in [3.63, 3.8) is 0 Å². The van der Waals surface area contributed by atoms with E-state index < -0.39 is 5.97 Å². The summed E-state index contributed by atoms with van der Waals surface area (Å²) in [7, 11) is 0. The summed E-state index contributed by atoms with van der Waals surface area (Å²) in [6.07, 6.45) is 1.49. The van der Waals surface area contributed by atoms with Crippen LogP contribution in [0.1, 0.15) is 12.8 Å². The minimum atomic E-state index is -1.00. The van der Waals surface area contributed by atoms with Crippen molar-refractivity contribution in [2.24, 2.45) is 0 Å². The molecule has 0 aliphatic heterocycles. The van der Waals surface area contributed by atoms with Gasteiger partial charge in [0.15, 0.2) is 4.34 Å². The predicted molar refractivity (Wildman–Crippen MR) is 66.3 cm³/mol. The summed E-state index contributed by atoms with van der Waals surface area (Å²) in [4.78, 5) is 21.5. The number of aromatic nitrogens is 2. The predicted octanol–water partition coefficient (Wildman–Crippen LogP) is 1.62. The van der Waals surface area contributed by atoms with Crippen LogP contribution in [-0.4, -0.2) is 32.9 Å². The normalized spacial score (nSPS) is 9.88. The van der Waals surface area contributed by atoms with E-state index in [1.54, 1.807) is 6.08 Å². The molecule has 0 aromatic carbocycles. The molecule has 1 heterocycles. The monoisotopic (exact) mass is 273 g/mol. The van der Waals surface area contributed by atoms with Crippen molar-refractivity contribution < 1.29 is 14.7 Å². The SMILES string of the molecule is C=CCSc1nnc(NC(=O)CCC(=O)O)s1. The van der Waals surface area contributed by atoms with E-state index in [1.165, 1.54) is 23.1 Å². The minimum absolute atomic E-state index is 0.0654. The summed E-state index contributed by atoms with van der Waals surface area (Å²) in [5, 5.41) is 18.9. The molecule has 1 rings (SSSR count). The average molecular weight is 273 g/mol. The van der Waals surface area contributed by atoms with Crippen LogP contribution >= 0.6 is 23.1 Å². The Hall–Kier alpha value is -1.41.